The van der Waals surface area contributed by atoms with E-state index in [4.69, 9.17) is 14.9 Å². The van der Waals surface area contributed by atoms with Gasteiger partial charge in [-0.3, -0.25) is 5.32 Å². The quantitative estimate of drug-likeness (QED) is 0.718. The molecule has 3 N–H and O–H groups in total. The van der Waals surface area contributed by atoms with Gasteiger partial charge in [0.1, 0.15) is 6.61 Å². The maximum absolute atomic E-state index is 11.8. The van der Waals surface area contributed by atoms with E-state index in [2.05, 4.69) is 0 Å². The van der Waals surface area contributed by atoms with Crippen molar-refractivity contribution in [2.24, 2.45) is 0 Å². The van der Waals surface area contributed by atoms with Crippen LogP contribution in [0.15, 0.2) is 48.5 Å². The average molecular weight is 341 g/mol. The molecule has 1 aliphatic rings. The van der Waals surface area contributed by atoms with Crippen molar-refractivity contribution >= 4 is 18.0 Å². The number of carboxylic acids is 2. The predicted molar refractivity (Wildman–Crippen MR) is 87.3 cm³/mol. The summed E-state index contributed by atoms with van der Waals surface area (Å²) >= 11 is 0. The van der Waals surface area contributed by atoms with Gasteiger partial charge in [-0.25, -0.2) is 14.4 Å². The minimum atomic E-state index is -2.05. The molecule has 0 heterocycles. The summed E-state index contributed by atoms with van der Waals surface area (Å²) in [6.07, 6.45) is -1.09. The van der Waals surface area contributed by atoms with Crippen LogP contribution in [0.2, 0.25) is 0 Å². The zero-order valence-corrected chi connectivity index (χ0v) is 13.0. The fourth-order valence-corrected chi connectivity index (χ4v) is 2.99. The Hall–Kier alpha value is -3.35. The van der Waals surface area contributed by atoms with Crippen molar-refractivity contribution in [3.05, 3.63) is 59.7 Å². The molecule has 7 heteroatoms. The van der Waals surface area contributed by atoms with Crippen LogP contribution in [0.5, 0.6) is 0 Å². The maximum atomic E-state index is 11.8. The molecular weight excluding hydrogens is 326 g/mol. The SMILES string of the molecule is O=C(NC(C(=O)O)C(=O)O)OCC1c2ccccc2-c2ccccc21. The molecule has 128 valence electrons. The van der Waals surface area contributed by atoms with Crippen LogP contribution in [0.1, 0.15) is 17.0 Å². The first-order valence-corrected chi connectivity index (χ1v) is 7.56. The third-order valence-corrected chi connectivity index (χ3v) is 4.10. The molecule has 3 rings (SSSR count). The molecule has 0 unspecified atom stereocenters. The molecule has 0 radical (unpaired) electrons. The monoisotopic (exact) mass is 341 g/mol. The Balaban J connectivity index is 1.74. The van der Waals surface area contributed by atoms with Gasteiger partial charge in [-0.15, -0.1) is 0 Å². The zero-order valence-electron chi connectivity index (χ0n) is 13.0. The number of benzene rings is 2. The molecule has 0 atom stereocenters. The van der Waals surface area contributed by atoms with Gasteiger partial charge < -0.3 is 14.9 Å². The van der Waals surface area contributed by atoms with E-state index in [1.165, 1.54) is 0 Å². The molecular formula is C18H15NO6. The van der Waals surface area contributed by atoms with Crippen molar-refractivity contribution in [1.82, 2.24) is 5.32 Å². The molecule has 7 nitrogen and oxygen atoms in total. The van der Waals surface area contributed by atoms with Crippen LogP contribution < -0.4 is 5.32 Å². The summed E-state index contributed by atoms with van der Waals surface area (Å²) in [5, 5.41) is 19.4. The maximum Gasteiger partial charge on any atom is 0.408 e. The van der Waals surface area contributed by atoms with E-state index in [9.17, 15) is 14.4 Å². The van der Waals surface area contributed by atoms with Crippen LogP contribution in [-0.2, 0) is 14.3 Å². The highest BCUT2D eigenvalue weighted by Gasteiger charge is 2.31. The molecule has 1 amide bonds. The number of rotatable bonds is 5. The molecule has 0 aliphatic heterocycles. The molecule has 0 bridgehead atoms. The lowest BCUT2D eigenvalue weighted by Crippen LogP contribution is -2.46. The van der Waals surface area contributed by atoms with Crippen LogP contribution in [0.4, 0.5) is 4.79 Å². The third-order valence-electron chi connectivity index (χ3n) is 4.10. The number of hydrogen-bond acceptors (Lipinski definition) is 4. The summed E-state index contributed by atoms with van der Waals surface area (Å²) in [6.45, 7) is -0.0220. The van der Waals surface area contributed by atoms with Crippen LogP contribution in [0.3, 0.4) is 0 Å². The zero-order chi connectivity index (χ0) is 18.0. The fraction of sp³-hybridized carbons (Fsp3) is 0.167. The molecule has 2 aromatic carbocycles. The van der Waals surface area contributed by atoms with Crippen LogP contribution in [-0.4, -0.2) is 40.9 Å². The van der Waals surface area contributed by atoms with Gasteiger partial charge in [0, 0.05) is 5.92 Å². The number of carbonyl (C=O) groups is 3. The largest absolute Gasteiger partial charge is 0.479 e. The lowest BCUT2D eigenvalue weighted by atomic mass is 9.98. The topological polar surface area (TPSA) is 113 Å². The smallest absolute Gasteiger partial charge is 0.408 e. The molecule has 2 aromatic rings. The van der Waals surface area contributed by atoms with Crippen LogP contribution in [0, 0.1) is 0 Å². The number of carbonyl (C=O) groups excluding carboxylic acids is 1. The summed E-state index contributed by atoms with van der Waals surface area (Å²) < 4.78 is 5.09. The number of ether oxygens (including phenoxy) is 1. The molecule has 0 saturated heterocycles. The van der Waals surface area contributed by atoms with Crippen molar-refractivity contribution in [2.45, 2.75) is 12.0 Å². The van der Waals surface area contributed by atoms with Gasteiger partial charge in [0.15, 0.2) is 0 Å². The molecule has 0 saturated carbocycles. The van der Waals surface area contributed by atoms with E-state index < -0.39 is 24.1 Å². The van der Waals surface area contributed by atoms with E-state index in [1.54, 1.807) is 0 Å². The minimum absolute atomic E-state index is 0.0220. The minimum Gasteiger partial charge on any atom is -0.479 e. The lowest BCUT2D eigenvalue weighted by Gasteiger charge is -2.15. The van der Waals surface area contributed by atoms with Gasteiger partial charge in [0.25, 0.3) is 0 Å². The summed E-state index contributed by atoms with van der Waals surface area (Å²) in [5.74, 6) is -3.52. The number of alkyl carbamates (subject to hydrolysis) is 1. The highest BCUT2D eigenvalue weighted by molar-refractivity contribution is 5.99. The first-order valence-electron chi connectivity index (χ1n) is 7.56. The second-order valence-electron chi connectivity index (χ2n) is 5.58. The average Bonchev–Trinajstić information content (AvgIpc) is 2.91. The van der Waals surface area contributed by atoms with Crippen molar-refractivity contribution in [3.8, 4) is 11.1 Å². The van der Waals surface area contributed by atoms with Gasteiger partial charge in [-0.1, -0.05) is 48.5 Å². The highest BCUT2D eigenvalue weighted by atomic mass is 16.5. The number of hydrogen-bond donors (Lipinski definition) is 3. The number of carboxylic acid groups (broad SMARTS) is 2. The Morgan fingerprint density at radius 1 is 0.920 bits per heavy atom. The van der Waals surface area contributed by atoms with Crippen molar-refractivity contribution in [1.29, 1.82) is 0 Å². The normalized spacial score (nSPS) is 12.4. The first-order chi connectivity index (χ1) is 12.0. The lowest BCUT2D eigenvalue weighted by molar-refractivity contribution is -0.150. The van der Waals surface area contributed by atoms with Gasteiger partial charge in [0.05, 0.1) is 0 Å². The van der Waals surface area contributed by atoms with Gasteiger partial charge in [-0.05, 0) is 22.3 Å². The summed E-state index contributed by atoms with van der Waals surface area (Å²) in [7, 11) is 0. The van der Waals surface area contributed by atoms with E-state index in [-0.39, 0.29) is 12.5 Å². The van der Waals surface area contributed by atoms with Gasteiger partial charge in [-0.2, -0.15) is 0 Å². The van der Waals surface area contributed by atoms with Crippen molar-refractivity contribution in [3.63, 3.8) is 0 Å². The Morgan fingerprint density at radius 2 is 1.40 bits per heavy atom. The second kappa shape index (κ2) is 6.64. The van der Waals surface area contributed by atoms with Crippen molar-refractivity contribution in [2.75, 3.05) is 6.61 Å². The molecule has 0 fully saturated rings. The van der Waals surface area contributed by atoms with Crippen LogP contribution in [0.25, 0.3) is 11.1 Å². The number of aliphatic carboxylic acids is 2. The van der Waals surface area contributed by atoms with E-state index in [1.807, 2.05) is 53.8 Å². The Bertz CT molecular complexity index is 787. The van der Waals surface area contributed by atoms with Gasteiger partial charge >= 0.3 is 18.0 Å². The number of nitrogens with one attached hydrogen (secondary N) is 1. The number of amides is 1. The first kappa shape index (κ1) is 16.5. The molecule has 25 heavy (non-hydrogen) atoms. The van der Waals surface area contributed by atoms with Gasteiger partial charge in [0.2, 0.25) is 6.04 Å². The number of fused-ring (bicyclic) bond motifs is 3. The second-order valence-corrected chi connectivity index (χ2v) is 5.58. The van der Waals surface area contributed by atoms with E-state index >= 15 is 0 Å². The Labute approximate surface area is 142 Å². The fourth-order valence-electron chi connectivity index (χ4n) is 2.99. The highest BCUT2D eigenvalue weighted by Crippen LogP contribution is 2.44. The van der Waals surface area contributed by atoms with Crippen molar-refractivity contribution < 1.29 is 29.3 Å². The Kier molecular flexibility index (Phi) is 4.38. The molecule has 1 aliphatic carbocycles. The summed E-state index contributed by atoms with van der Waals surface area (Å²) in [6, 6.07) is 13.4. The Morgan fingerprint density at radius 3 is 1.88 bits per heavy atom. The predicted octanol–water partition coefficient (Wildman–Crippen LogP) is 2.06. The van der Waals surface area contributed by atoms with E-state index in [0.29, 0.717) is 0 Å². The standard InChI is InChI=1S/C18H15NO6/c20-16(21)15(17(22)23)19-18(24)25-9-14-12-7-3-1-5-10(12)11-6-2-4-8-13(11)14/h1-8,14-15H,9H2,(H,19,24)(H,20,21)(H,22,23). The third kappa shape index (κ3) is 3.16. The summed E-state index contributed by atoms with van der Waals surface area (Å²) in [5.41, 5.74) is 4.12. The molecule has 0 aromatic heterocycles. The molecule has 0 spiro atoms. The van der Waals surface area contributed by atoms with Crippen LogP contribution >= 0.6 is 0 Å². The van der Waals surface area contributed by atoms with E-state index in [0.717, 1.165) is 22.3 Å². The summed E-state index contributed by atoms with van der Waals surface area (Å²) in [4.78, 5) is 33.4.